The first-order valence-corrected chi connectivity index (χ1v) is 5.96. The molecule has 1 aliphatic rings. The van der Waals surface area contributed by atoms with Crippen LogP contribution < -0.4 is 0 Å². The van der Waals surface area contributed by atoms with Crippen LogP contribution in [0, 0.1) is 10.8 Å². The van der Waals surface area contributed by atoms with E-state index in [1.807, 2.05) is 41.5 Å². The third-order valence-electron chi connectivity index (χ3n) is 3.16. The number of hydrogen-bond acceptors (Lipinski definition) is 3. The van der Waals surface area contributed by atoms with Gasteiger partial charge < -0.3 is 15.3 Å². The van der Waals surface area contributed by atoms with Gasteiger partial charge in [-0.25, -0.2) is 0 Å². The Balaban J connectivity index is 3.33. The van der Waals surface area contributed by atoms with Gasteiger partial charge in [0.15, 0.2) is 5.79 Å². The van der Waals surface area contributed by atoms with E-state index in [-0.39, 0.29) is 23.0 Å². The molecular weight excluding hydrogens is 216 g/mol. The molecule has 1 aliphatic carbocycles. The van der Waals surface area contributed by atoms with Crippen LogP contribution in [0.5, 0.6) is 0 Å². The van der Waals surface area contributed by atoms with Crippen molar-refractivity contribution in [3.8, 4) is 0 Å². The predicted octanol–water partition coefficient (Wildman–Crippen LogP) is 2.90. The fourth-order valence-electron chi connectivity index (χ4n) is 2.24. The van der Waals surface area contributed by atoms with E-state index in [1.54, 1.807) is 0 Å². The van der Waals surface area contributed by atoms with Crippen molar-refractivity contribution in [2.75, 3.05) is 0 Å². The monoisotopic (exact) mass is 240 g/mol. The minimum atomic E-state index is -1.87. The second-order valence-corrected chi connectivity index (χ2v) is 6.92. The zero-order chi connectivity index (χ0) is 13.6. The molecule has 0 heterocycles. The van der Waals surface area contributed by atoms with Crippen molar-refractivity contribution in [3.05, 3.63) is 23.0 Å². The second kappa shape index (κ2) is 3.85. The summed E-state index contributed by atoms with van der Waals surface area (Å²) in [4.78, 5) is 0. The Bertz CT molecular complexity index is 373. The van der Waals surface area contributed by atoms with Crippen LogP contribution in [0.1, 0.15) is 48.0 Å². The Morgan fingerprint density at radius 3 is 1.82 bits per heavy atom. The van der Waals surface area contributed by atoms with Crippen molar-refractivity contribution in [3.63, 3.8) is 0 Å². The zero-order valence-electron chi connectivity index (χ0n) is 11.6. The van der Waals surface area contributed by atoms with Crippen molar-refractivity contribution in [1.82, 2.24) is 0 Å². The van der Waals surface area contributed by atoms with Crippen molar-refractivity contribution in [2.24, 2.45) is 10.8 Å². The van der Waals surface area contributed by atoms with Gasteiger partial charge in [0.2, 0.25) is 0 Å². The standard InChI is InChI=1S/C14H24O3/c1-12(2,3)9-8-14(16,17)11(7-10(9)15)13(4,5)6/h7,15-17H,8H2,1-6H3. The molecule has 0 radical (unpaired) electrons. The number of rotatable bonds is 0. The van der Waals surface area contributed by atoms with Crippen molar-refractivity contribution >= 4 is 0 Å². The van der Waals surface area contributed by atoms with Crippen molar-refractivity contribution in [1.29, 1.82) is 0 Å². The molecule has 3 nitrogen and oxygen atoms in total. The summed E-state index contributed by atoms with van der Waals surface area (Å²) in [5.74, 6) is -1.70. The van der Waals surface area contributed by atoms with Gasteiger partial charge in [0.05, 0.1) is 0 Å². The lowest BCUT2D eigenvalue weighted by Gasteiger charge is -2.40. The minimum absolute atomic E-state index is 0.0609. The molecule has 0 saturated heterocycles. The summed E-state index contributed by atoms with van der Waals surface area (Å²) < 4.78 is 0. The average molecular weight is 240 g/mol. The fraction of sp³-hybridized carbons (Fsp3) is 0.714. The predicted molar refractivity (Wildman–Crippen MR) is 68.4 cm³/mol. The maximum atomic E-state index is 10.2. The summed E-state index contributed by atoms with van der Waals surface area (Å²) >= 11 is 0. The highest BCUT2D eigenvalue weighted by atomic mass is 16.5. The van der Waals surface area contributed by atoms with Gasteiger partial charge in [-0.05, 0) is 28.1 Å². The largest absolute Gasteiger partial charge is 0.508 e. The molecule has 3 heteroatoms. The molecule has 98 valence electrons. The van der Waals surface area contributed by atoms with Crippen LogP contribution >= 0.6 is 0 Å². The third kappa shape index (κ3) is 2.90. The fourth-order valence-corrected chi connectivity index (χ4v) is 2.24. The van der Waals surface area contributed by atoms with Crippen molar-refractivity contribution < 1.29 is 15.3 Å². The molecule has 3 N–H and O–H groups in total. The van der Waals surface area contributed by atoms with E-state index in [4.69, 9.17) is 0 Å². The molecule has 0 amide bonds. The lowest BCUT2D eigenvalue weighted by atomic mass is 9.71. The van der Waals surface area contributed by atoms with E-state index in [0.29, 0.717) is 11.1 Å². The van der Waals surface area contributed by atoms with Gasteiger partial charge in [0.25, 0.3) is 0 Å². The molecule has 0 aliphatic heterocycles. The molecule has 0 fully saturated rings. The van der Waals surface area contributed by atoms with Gasteiger partial charge in [-0.2, -0.15) is 0 Å². The minimum Gasteiger partial charge on any atom is -0.508 e. The number of hydrogen-bond donors (Lipinski definition) is 3. The van der Waals surface area contributed by atoms with Crippen LogP contribution in [0.3, 0.4) is 0 Å². The Kier molecular flexibility index (Phi) is 3.23. The molecule has 0 bridgehead atoms. The van der Waals surface area contributed by atoms with Crippen LogP contribution in [0.2, 0.25) is 0 Å². The van der Waals surface area contributed by atoms with E-state index in [9.17, 15) is 15.3 Å². The molecule has 1 rings (SSSR count). The molecule has 0 atom stereocenters. The molecule has 17 heavy (non-hydrogen) atoms. The molecule has 0 aromatic rings. The Hall–Kier alpha value is -0.800. The maximum absolute atomic E-state index is 10.2. The van der Waals surface area contributed by atoms with Gasteiger partial charge in [0, 0.05) is 6.42 Å². The first-order chi connectivity index (χ1) is 7.36. The Labute approximate surface area is 103 Å². The van der Waals surface area contributed by atoms with E-state index < -0.39 is 5.79 Å². The molecule has 0 aromatic heterocycles. The quantitative estimate of drug-likeness (QED) is 0.570. The molecule has 0 unspecified atom stereocenters. The third-order valence-corrected chi connectivity index (χ3v) is 3.16. The summed E-state index contributed by atoms with van der Waals surface area (Å²) in [5, 5.41) is 30.4. The number of aliphatic hydroxyl groups is 3. The highest BCUT2D eigenvalue weighted by Crippen LogP contribution is 2.44. The highest BCUT2D eigenvalue weighted by Gasteiger charge is 2.42. The second-order valence-electron chi connectivity index (χ2n) is 6.92. The molecule has 0 spiro atoms. The number of aliphatic hydroxyl groups excluding tert-OH is 1. The zero-order valence-corrected chi connectivity index (χ0v) is 11.6. The highest BCUT2D eigenvalue weighted by molar-refractivity contribution is 5.38. The smallest absolute Gasteiger partial charge is 0.190 e. The van der Waals surface area contributed by atoms with Crippen LogP contribution in [-0.4, -0.2) is 21.1 Å². The maximum Gasteiger partial charge on any atom is 0.190 e. The first-order valence-electron chi connectivity index (χ1n) is 5.96. The summed E-state index contributed by atoms with van der Waals surface area (Å²) in [5.41, 5.74) is 0.465. The van der Waals surface area contributed by atoms with Gasteiger partial charge in [-0.3, -0.25) is 0 Å². The first kappa shape index (κ1) is 14.3. The topological polar surface area (TPSA) is 60.7 Å². The van der Waals surface area contributed by atoms with Crippen LogP contribution in [-0.2, 0) is 0 Å². The Morgan fingerprint density at radius 2 is 1.47 bits per heavy atom. The van der Waals surface area contributed by atoms with Gasteiger partial charge in [0.1, 0.15) is 5.76 Å². The van der Waals surface area contributed by atoms with Crippen LogP contribution in [0.15, 0.2) is 23.0 Å². The van der Waals surface area contributed by atoms with E-state index >= 15 is 0 Å². The van der Waals surface area contributed by atoms with Crippen LogP contribution in [0.25, 0.3) is 0 Å². The van der Waals surface area contributed by atoms with Crippen molar-refractivity contribution in [2.45, 2.75) is 53.8 Å². The molecular formula is C14H24O3. The summed E-state index contributed by atoms with van der Waals surface area (Å²) in [7, 11) is 0. The van der Waals surface area contributed by atoms with Gasteiger partial charge in [-0.15, -0.1) is 0 Å². The van der Waals surface area contributed by atoms with E-state index in [0.717, 1.165) is 0 Å². The summed E-state index contributed by atoms with van der Waals surface area (Å²) in [6, 6.07) is 0. The summed E-state index contributed by atoms with van der Waals surface area (Å²) in [6.07, 6.45) is 1.56. The molecule has 0 aromatic carbocycles. The Morgan fingerprint density at radius 1 is 1.00 bits per heavy atom. The van der Waals surface area contributed by atoms with E-state index in [1.165, 1.54) is 6.08 Å². The lowest BCUT2D eigenvalue weighted by molar-refractivity contribution is -0.140. The SMILES string of the molecule is CC(C)(C)C1=CC(O)=C(C(C)(C)C)CC1(O)O. The summed E-state index contributed by atoms with van der Waals surface area (Å²) in [6.45, 7) is 11.5. The van der Waals surface area contributed by atoms with Gasteiger partial charge >= 0.3 is 0 Å². The van der Waals surface area contributed by atoms with Crippen LogP contribution in [0.4, 0.5) is 0 Å². The normalized spacial score (nSPS) is 21.5. The number of allylic oxidation sites excluding steroid dienone is 1. The van der Waals surface area contributed by atoms with Gasteiger partial charge in [-0.1, -0.05) is 41.5 Å². The average Bonchev–Trinajstić information content (AvgIpc) is 2.04. The molecule has 0 saturated carbocycles. The van der Waals surface area contributed by atoms with E-state index in [2.05, 4.69) is 0 Å². The lowest BCUT2D eigenvalue weighted by Crippen LogP contribution is -2.41.